The molecular formula is C22H31N3O5. The van der Waals surface area contributed by atoms with Crippen LogP contribution in [-0.4, -0.2) is 41.0 Å². The molecule has 0 unspecified atom stereocenters. The van der Waals surface area contributed by atoms with Crippen LogP contribution >= 0.6 is 0 Å². The number of nitrogens with zero attached hydrogens (tertiary/aromatic N) is 1. The Labute approximate surface area is 176 Å². The summed E-state index contributed by atoms with van der Waals surface area (Å²) in [7, 11) is 0. The largest absolute Gasteiger partial charge is 0.455 e. The highest BCUT2D eigenvalue weighted by Gasteiger charge is 2.53. The second-order valence-corrected chi connectivity index (χ2v) is 10.5. The summed E-state index contributed by atoms with van der Waals surface area (Å²) in [5.41, 5.74) is 1.49. The summed E-state index contributed by atoms with van der Waals surface area (Å²) in [6, 6.07) is -0.616. The molecule has 5 aliphatic carbocycles. The van der Waals surface area contributed by atoms with Crippen molar-refractivity contribution in [1.82, 2.24) is 15.8 Å². The number of hydrogen-bond donors (Lipinski definition) is 2. The van der Waals surface area contributed by atoms with E-state index in [9.17, 15) is 19.2 Å². The maximum atomic E-state index is 12.7. The first-order chi connectivity index (χ1) is 14.4. The average molecular weight is 418 g/mol. The Kier molecular flexibility index (Phi) is 4.78. The van der Waals surface area contributed by atoms with Gasteiger partial charge in [-0.1, -0.05) is 19.3 Å². The average Bonchev–Trinajstić information content (AvgIpc) is 2.89. The molecule has 0 aromatic carbocycles. The van der Waals surface area contributed by atoms with Gasteiger partial charge in [0, 0.05) is 0 Å². The molecule has 6 fully saturated rings. The minimum absolute atomic E-state index is 0.0560. The van der Waals surface area contributed by atoms with Crippen LogP contribution in [0.15, 0.2) is 0 Å². The highest BCUT2D eigenvalue weighted by Crippen LogP contribution is 2.61. The first-order valence-electron chi connectivity index (χ1n) is 11.5. The predicted molar refractivity (Wildman–Crippen MR) is 106 cm³/mol. The van der Waals surface area contributed by atoms with Crippen LogP contribution < -0.4 is 10.7 Å². The molecule has 8 nitrogen and oxygen atoms in total. The van der Waals surface area contributed by atoms with Crippen LogP contribution in [0, 0.1) is 23.2 Å². The summed E-state index contributed by atoms with van der Waals surface area (Å²) in [5.74, 6) is 0.816. The van der Waals surface area contributed by atoms with Gasteiger partial charge in [0.25, 0.3) is 11.8 Å². The van der Waals surface area contributed by atoms with Gasteiger partial charge < -0.3 is 10.1 Å². The van der Waals surface area contributed by atoms with Crippen molar-refractivity contribution < 1.29 is 23.9 Å². The fourth-order valence-corrected chi connectivity index (χ4v) is 7.38. The number of carbonyl (C=O) groups excluding carboxylic acids is 4. The van der Waals surface area contributed by atoms with Gasteiger partial charge in [0.05, 0.1) is 6.42 Å². The molecule has 4 amide bonds. The lowest BCUT2D eigenvalue weighted by Crippen LogP contribution is -2.51. The molecular weight excluding hydrogens is 386 g/mol. The Morgan fingerprint density at radius 2 is 1.60 bits per heavy atom. The van der Waals surface area contributed by atoms with Gasteiger partial charge in [-0.3, -0.25) is 19.8 Å². The third kappa shape index (κ3) is 3.48. The topological polar surface area (TPSA) is 105 Å². The number of ether oxygens (including phenoxy) is 1. The van der Waals surface area contributed by atoms with E-state index < -0.39 is 30.0 Å². The van der Waals surface area contributed by atoms with E-state index in [1.807, 2.05) is 0 Å². The molecule has 1 heterocycles. The Morgan fingerprint density at radius 1 is 1.00 bits per heavy atom. The van der Waals surface area contributed by atoms with Gasteiger partial charge in [0.2, 0.25) is 0 Å². The molecule has 1 saturated heterocycles. The van der Waals surface area contributed by atoms with E-state index in [0.29, 0.717) is 19.3 Å². The molecule has 2 N–H and O–H groups in total. The van der Waals surface area contributed by atoms with Gasteiger partial charge in [-0.2, -0.15) is 5.01 Å². The van der Waals surface area contributed by atoms with Crippen molar-refractivity contribution in [2.75, 3.05) is 6.61 Å². The van der Waals surface area contributed by atoms with Crippen molar-refractivity contribution >= 4 is 23.8 Å². The van der Waals surface area contributed by atoms with Gasteiger partial charge in [-0.25, -0.2) is 4.79 Å². The normalized spacial score (nSPS) is 36.1. The van der Waals surface area contributed by atoms with Gasteiger partial charge in [-0.05, 0) is 74.5 Å². The number of hydrazine groups is 1. The maximum Gasteiger partial charge on any atom is 0.344 e. The summed E-state index contributed by atoms with van der Waals surface area (Å²) in [4.78, 5) is 49.7. The fourth-order valence-electron chi connectivity index (χ4n) is 7.38. The van der Waals surface area contributed by atoms with Crippen molar-refractivity contribution in [3.05, 3.63) is 0 Å². The van der Waals surface area contributed by atoms with E-state index in [-0.39, 0.29) is 11.4 Å². The van der Waals surface area contributed by atoms with E-state index in [1.54, 1.807) is 0 Å². The van der Waals surface area contributed by atoms with E-state index >= 15 is 0 Å². The van der Waals surface area contributed by atoms with Crippen LogP contribution in [0.5, 0.6) is 0 Å². The number of nitrogens with one attached hydrogen (secondary N) is 2. The molecule has 5 saturated carbocycles. The zero-order valence-corrected chi connectivity index (χ0v) is 17.4. The number of amides is 4. The Morgan fingerprint density at radius 3 is 2.20 bits per heavy atom. The molecule has 0 radical (unpaired) electrons. The smallest absolute Gasteiger partial charge is 0.344 e. The molecule has 6 aliphatic rings. The number of rotatable bonds is 5. The molecule has 6 rings (SSSR count). The Balaban J connectivity index is 1.12. The Hall–Kier alpha value is -2.12. The van der Waals surface area contributed by atoms with Crippen molar-refractivity contribution in [1.29, 1.82) is 0 Å². The molecule has 1 spiro atoms. The SMILES string of the molecule is O=C(COC(=O)CC12CC3CC(CC(C3)C1)C2)NN1C(=O)NC2(CCCCC2)C1=O. The van der Waals surface area contributed by atoms with Crippen LogP contribution in [-0.2, 0) is 19.1 Å². The van der Waals surface area contributed by atoms with Gasteiger partial charge in [0.15, 0.2) is 6.61 Å². The molecule has 1 aliphatic heterocycles. The highest BCUT2D eigenvalue weighted by atomic mass is 16.5. The molecule has 0 aromatic rings. The summed E-state index contributed by atoms with van der Waals surface area (Å²) in [5, 5.41) is 3.49. The first kappa shape index (κ1) is 19.8. The van der Waals surface area contributed by atoms with Crippen molar-refractivity contribution in [3.8, 4) is 0 Å². The molecule has 8 heteroatoms. The summed E-state index contributed by atoms with van der Waals surface area (Å²) < 4.78 is 5.24. The van der Waals surface area contributed by atoms with Crippen LogP contribution in [0.2, 0.25) is 0 Å². The van der Waals surface area contributed by atoms with Crippen molar-refractivity contribution in [2.24, 2.45) is 23.2 Å². The van der Waals surface area contributed by atoms with E-state index in [4.69, 9.17) is 4.74 Å². The molecule has 0 atom stereocenters. The number of imide groups is 1. The Bertz CT molecular complexity index is 737. The zero-order chi connectivity index (χ0) is 20.9. The van der Waals surface area contributed by atoms with Gasteiger partial charge in [0.1, 0.15) is 5.54 Å². The van der Waals surface area contributed by atoms with Crippen molar-refractivity contribution in [3.63, 3.8) is 0 Å². The second-order valence-electron chi connectivity index (χ2n) is 10.5. The predicted octanol–water partition coefficient (Wildman–Crippen LogP) is 2.42. The molecule has 164 valence electrons. The van der Waals surface area contributed by atoms with Crippen LogP contribution in [0.3, 0.4) is 0 Å². The van der Waals surface area contributed by atoms with E-state index in [1.165, 1.54) is 19.3 Å². The molecule has 30 heavy (non-hydrogen) atoms. The monoisotopic (exact) mass is 417 g/mol. The summed E-state index contributed by atoms with van der Waals surface area (Å²) in [6.07, 6.45) is 11.6. The second kappa shape index (κ2) is 7.24. The third-order valence-electron chi connectivity index (χ3n) is 8.15. The minimum Gasteiger partial charge on any atom is -0.455 e. The highest BCUT2D eigenvalue weighted by molar-refractivity contribution is 6.08. The third-order valence-corrected chi connectivity index (χ3v) is 8.15. The molecule has 0 aromatic heterocycles. The van der Waals surface area contributed by atoms with Crippen molar-refractivity contribution in [2.45, 2.75) is 82.6 Å². The minimum atomic E-state index is -0.891. The quantitative estimate of drug-likeness (QED) is 0.528. The van der Waals surface area contributed by atoms with Crippen LogP contribution in [0.1, 0.15) is 77.0 Å². The fraction of sp³-hybridized carbons (Fsp3) is 0.818. The van der Waals surface area contributed by atoms with Gasteiger partial charge >= 0.3 is 12.0 Å². The van der Waals surface area contributed by atoms with E-state index in [2.05, 4.69) is 10.7 Å². The van der Waals surface area contributed by atoms with E-state index in [0.717, 1.165) is 61.3 Å². The number of carbonyl (C=O) groups is 4. The lowest BCUT2D eigenvalue weighted by Gasteiger charge is -2.56. The number of hydrogen-bond acceptors (Lipinski definition) is 5. The lowest BCUT2D eigenvalue weighted by atomic mass is 9.49. The van der Waals surface area contributed by atoms with Crippen LogP contribution in [0.25, 0.3) is 0 Å². The zero-order valence-electron chi connectivity index (χ0n) is 17.4. The summed E-state index contributed by atoms with van der Waals surface area (Å²) in [6.45, 7) is -0.477. The maximum absolute atomic E-state index is 12.7. The number of esters is 1. The standard InChI is InChI=1S/C22H31N3O5/c26-17(24-25-19(28)22(23-20(25)29)4-2-1-3-5-22)13-30-18(27)12-21-9-14-6-15(10-21)8-16(7-14)11-21/h14-16H,1-13H2,(H,23,29)(H,24,26). The number of urea groups is 1. The summed E-state index contributed by atoms with van der Waals surface area (Å²) >= 11 is 0. The van der Waals surface area contributed by atoms with Gasteiger partial charge in [-0.15, -0.1) is 0 Å². The first-order valence-corrected chi connectivity index (χ1v) is 11.5. The lowest BCUT2D eigenvalue weighted by molar-refractivity contribution is -0.156. The molecule has 4 bridgehead atoms. The van der Waals surface area contributed by atoms with Crippen LogP contribution in [0.4, 0.5) is 4.79 Å².